The zero-order valence-electron chi connectivity index (χ0n) is 23.9. The van der Waals surface area contributed by atoms with E-state index in [-0.39, 0.29) is 17.5 Å². The third-order valence-corrected chi connectivity index (χ3v) is 8.50. The highest BCUT2D eigenvalue weighted by molar-refractivity contribution is 6.42. The van der Waals surface area contributed by atoms with Gasteiger partial charge in [-0.2, -0.15) is 0 Å². The Balaban J connectivity index is 1.54. The average Bonchev–Trinajstić information content (AvgIpc) is 3.37. The SMILES string of the molecule is [CH2]CN(C[CH2])c1ccc(-c2nc3cc(C(CC(N)=O)NCc4ccc(Cl)c(Cl)c4)ccc3n2Cc2ccc(F)c(Cl)c2)cc1. The Labute approximate surface area is 271 Å². The molecule has 3 N–H and O–H groups in total. The quantitative estimate of drug-likeness (QED) is 0.143. The summed E-state index contributed by atoms with van der Waals surface area (Å²) in [4.78, 5) is 19.1. The lowest BCUT2D eigenvalue weighted by molar-refractivity contribution is -0.118. The Bertz CT molecular complexity index is 1790. The zero-order valence-corrected chi connectivity index (χ0v) is 26.1. The molecule has 0 aliphatic carbocycles. The topological polar surface area (TPSA) is 76.2 Å². The first-order valence-electron chi connectivity index (χ1n) is 14.0. The molecule has 0 bridgehead atoms. The second-order valence-electron chi connectivity index (χ2n) is 10.4. The van der Waals surface area contributed by atoms with E-state index in [1.54, 1.807) is 24.3 Å². The van der Waals surface area contributed by atoms with Gasteiger partial charge in [-0.3, -0.25) is 4.79 Å². The summed E-state index contributed by atoms with van der Waals surface area (Å²) in [6, 6.07) is 23.7. The highest BCUT2D eigenvalue weighted by atomic mass is 35.5. The number of benzene rings is 4. The van der Waals surface area contributed by atoms with Crippen molar-refractivity contribution < 1.29 is 9.18 Å². The average molecular weight is 651 g/mol. The lowest BCUT2D eigenvalue weighted by atomic mass is 10.0. The maximum atomic E-state index is 13.9. The molecule has 44 heavy (non-hydrogen) atoms. The van der Waals surface area contributed by atoms with Gasteiger partial charge >= 0.3 is 0 Å². The van der Waals surface area contributed by atoms with Gasteiger partial charge in [0.25, 0.3) is 0 Å². The van der Waals surface area contributed by atoms with Crippen LogP contribution < -0.4 is 16.0 Å². The number of hydrogen-bond donors (Lipinski definition) is 2. The highest BCUT2D eigenvalue weighted by Crippen LogP contribution is 2.31. The normalized spacial score (nSPS) is 12.0. The summed E-state index contributed by atoms with van der Waals surface area (Å²) in [7, 11) is 0. The predicted octanol–water partition coefficient (Wildman–Crippen LogP) is 8.03. The molecule has 1 unspecified atom stereocenters. The molecule has 0 aliphatic heterocycles. The molecule has 4 aromatic carbocycles. The third-order valence-electron chi connectivity index (χ3n) is 7.47. The van der Waals surface area contributed by atoms with Crippen molar-refractivity contribution in [2.24, 2.45) is 5.73 Å². The molecule has 0 saturated carbocycles. The van der Waals surface area contributed by atoms with Gasteiger partial charge in [-0.15, -0.1) is 0 Å². The van der Waals surface area contributed by atoms with Crippen molar-refractivity contribution in [2.45, 2.75) is 25.6 Å². The van der Waals surface area contributed by atoms with E-state index < -0.39 is 11.7 Å². The van der Waals surface area contributed by atoms with Crippen molar-refractivity contribution in [2.75, 3.05) is 18.0 Å². The van der Waals surface area contributed by atoms with Crippen molar-refractivity contribution in [3.63, 3.8) is 0 Å². The molecular weight excluding hydrogens is 620 g/mol. The van der Waals surface area contributed by atoms with E-state index in [1.807, 2.05) is 48.5 Å². The fraction of sp³-hybridized carbons (Fsp3) is 0.176. The van der Waals surface area contributed by atoms with Gasteiger partial charge < -0.3 is 20.5 Å². The molecule has 226 valence electrons. The van der Waals surface area contributed by atoms with E-state index in [1.165, 1.54) is 6.07 Å². The zero-order chi connectivity index (χ0) is 31.4. The molecule has 10 heteroatoms. The molecule has 0 fully saturated rings. The summed E-state index contributed by atoms with van der Waals surface area (Å²) >= 11 is 18.4. The van der Waals surface area contributed by atoms with Crippen LogP contribution in [0.25, 0.3) is 22.4 Å². The number of nitrogens with two attached hydrogens (primary N) is 1. The minimum atomic E-state index is -0.472. The van der Waals surface area contributed by atoms with Gasteiger partial charge in [-0.25, -0.2) is 9.37 Å². The van der Waals surface area contributed by atoms with Crippen molar-refractivity contribution in [1.29, 1.82) is 0 Å². The van der Waals surface area contributed by atoms with Crippen LogP contribution in [0.1, 0.15) is 29.2 Å². The number of hydrogen-bond acceptors (Lipinski definition) is 4. The van der Waals surface area contributed by atoms with Gasteiger partial charge in [0.2, 0.25) is 5.91 Å². The molecule has 1 atom stereocenters. The van der Waals surface area contributed by atoms with E-state index in [0.29, 0.717) is 36.2 Å². The first kappa shape index (κ1) is 31.8. The monoisotopic (exact) mass is 649 g/mol. The van der Waals surface area contributed by atoms with E-state index in [4.69, 9.17) is 45.5 Å². The van der Waals surface area contributed by atoms with Crippen LogP contribution in [0.5, 0.6) is 0 Å². The van der Waals surface area contributed by atoms with Crippen LogP contribution in [0.4, 0.5) is 10.1 Å². The second-order valence-corrected chi connectivity index (χ2v) is 11.6. The largest absolute Gasteiger partial charge is 0.372 e. The summed E-state index contributed by atoms with van der Waals surface area (Å²) in [6.07, 6.45) is 0.0883. The molecule has 1 aromatic heterocycles. The molecule has 0 spiro atoms. The van der Waals surface area contributed by atoms with Gasteiger partial charge in [0.15, 0.2) is 0 Å². The molecule has 6 nitrogen and oxygen atoms in total. The molecule has 5 rings (SSSR count). The summed E-state index contributed by atoms with van der Waals surface area (Å²) in [5, 5.41) is 4.41. The summed E-state index contributed by atoms with van der Waals surface area (Å²) in [5.41, 5.74) is 11.8. The van der Waals surface area contributed by atoms with Crippen LogP contribution in [0, 0.1) is 19.7 Å². The number of nitrogens with zero attached hydrogens (tertiary/aromatic N) is 3. The Morgan fingerprint density at radius 3 is 2.27 bits per heavy atom. The van der Waals surface area contributed by atoms with Gasteiger partial charge in [0, 0.05) is 49.9 Å². The highest BCUT2D eigenvalue weighted by Gasteiger charge is 2.19. The fourth-order valence-electron chi connectivity index (χ4n) is 5.16. The number of halogens is 4. The maximum absolute atomic E-state index is 13.9. The van der Waals surface area contributed by atoms with Gasteiger partial charge in [-0.05, 0) is 91.2 Å². The predicted molar refractivity (Wildman–Crippen MR) is 178 cm³/mol. The first-order valence-corrected chi connectivity index (χ1v) is 15.1. The van der Waals surface area contributed by atoms with Crippen molar-refractivity contribution in [1.82, 2.24) is 14.9 Å². The van der Waals surface area contributed by atoms with E-state index in [9.17, 15) is 9.18 Å². The third kappa shape index (κ3) is 7.19. The Morgan fingerprint density at radius 2 is 1.61 bits per heavy atom. The maximum Gasteiger partial charge on any atom is 0.219 e. The van der Waals surface area contributed by atoms with Gasteiger partial charge in [-0.1, -0.05) is 53.0 Å². The van der Waals surface area contributed by atoms with Crippen LogP contribution in [0.15, 0.2) is 78.9 Å². The molecule has 1 amide bonds. The summed E-state index contributed by atoms with van der Waals surface area (Å²) < 4.78 is 16.0. The van der Waals surface area contributed by atoms with Crippen LogP contribution in [0.2, 0.25) is 15.1 Å². The minimum Gasteiger partial charge on any atom is -0.372 e. The molecular formula is C34H31Cl3FN5O. The number of rotatable bonds is 12. The first-order chi connectivity index (χ1) is 21.2. The number of primary amides is 1. The van der Waals surface area contributed by atoms with Crippen LogP contribution in [-0.4, -0.2) is 28.5 Å². The molecule has 0 saturated heterocycles. The number of nitrogens with one attached hydrogen (secondary N) is 1. The van der Waals surface area contributed by atoms with Crippen LogP contribution in [0.3, 0.4) is 0 Å². The van der Waals surface area contributed by atoms with Gasteiger partial charge in [0.05, 0.1) is 26.1 Å². The Hall–Kier alpha value is -3.62. The number of carbonyl (C=O) groups excluding carboxylic acids is 1. The van der Waals surface area contributed by atoms with E-state index in [2.05, 4.69) is 28.6 Å². The Kier molecular flexibility index (Phi) is 10.1. The number of imidazole rings is 1. The fourth-order valence-corrected chi connectivity index (χ4v) is 5.68. The molecule has 0 aliphatic rings. The lowest BCUT2D eigenvalue weighted by Crippen LogP contribution is -2.26. The van der Waals surface area contributed by atoms with Crippen molar-refractivity contribution >= 4 is 57.4 Å². The second kappa shape index (κ2) is 14.0. The standard InChI is InChI=1S/C34H31Cl3FN5O/c1-3-42(4-2)25-10-7-23(8-11-25)34-41-31-17-24(9-14-32(31)43(34)20-22-6-13-29(38)28(37)16-22)30(18-33(39)44)40-19-21-5-12-26(35)27(36)15-21/h5-17,30,40H,1-4,18-20H2,(H2,39,44). The van der Waals surface area contributed by atoms with Crippen LogP contribution in [-0.2, 0) is 17.9 Å². The Morgan fingerprint density at radius 1 is 0.909 bits per heavy atom. The van der Waals surface area contributed by atoms with Crippen LogP contribution >= 0.6 is 34.8 Å². The van der Waals surface area contributed by atoms with Crippen molar-refractivity contribution in [3.8, 4) is 11.4 Å². The van der Waals surface area contributed by atoms with Crippen molar-refractivity contribution in [3.05, 3.63) is 130 Å². The lowest BCUT2D eigenvalue weighted by Gasteiger charge is -2.21. The number of fused-ring (bicyclic) bond motifs is 1. The van der Waals surface area contributed by atoms with Gasteiger partial charge in [0.1, 0.15) is 11.6 Å². The van der Waals surface area contributed by atoms with E-state index >= 15 is 0 Å². The summed E-state index contributed by atoms with van der Waals surface area (Å²) in [6.45, 7) is 10.0. The number of amides is 1. The number of aromatic nitrogens is 2. The minimum absolute atomic E-state index is 0.0592. The molecule has 5 aromatic rings. The number of anilines is 1. The number of carbonyl (C=O) groups is 1. The summed E-state index contributed by atoms with van der Waals surface area (Å²) in [5.74, 6) is -0.175. The van der Waals surface area contributed by atoms with E-state index in [0.717, 1.165) is 44.8 Å². The smallest absolute Gasteiger partial charge is 0.219 e. The molecule has 2 radical (unpaired) electrons. The molecule has 1 heterocycles.